The molecule has 1 unspecified atom stereocenters. The Labute approximate surface area is 155 Å². The maximum atomic E-state index is 13.6. The van der Waals surface area contributed by atoms with Crippen molar-refractivity contribution in [3.05, 3.63) is 41.7 Å². The van der Waals surface area contributed by atoms with Gasteiger partial charge in [-0.3, -0.25) is 4.79 Å². The number of sulfonamides is 1. The summed E-state index contributed by atoms with van der Waals surface area (Å²) in [7, 11) is -4.07. The van der Waals surface area contributed by atoms with E-state index < -0.39 is 33.2 Å². The van der Waals surface area contributed by atoms with Gasteiger partial charge in [-0.2, -0.15) is 0 Å². The first-order valence-corrected chi connectivity index (χ1v) is 10.5. The molecule has 0 saturated carbocycles. The van der Waals surface area contributed by atoms with Gasteiger partial charge in [0.1, 0.15) is 10.7 Å². The van der Waals surface area contributed by atoms with Crippen molar-refractivity contribution in [3.8, 4) is 0 Å². The van der Waals surface area contributed by atoms with E-state index in [0.717, 1.165) is 36.7 Å². The summed E-state index contributed by atoms with van der Waals surface area (Å²) >= 11 is 1.55. The van der Waals surface area contributed by atoms with E-state index in [-0.39, 0.29) is 6.04 Å². The minimum absolute atomic E-state index is 0.133. The van der Waals surface area contributed by atoms with E-state index in [4.69, 9.17) is 0 Å². The zero-order valence-electron chi connectivity index (χ0n) is 13.9. The molecule has 0 spiro atoms. The number of carbonyl (C=O) groups is 1. The van der Waals surface area contributed by atoms with E-state index in [0.29, 0.717) is 6.54 Å². The fraction of sp³-hybridized carbons (Fsp3) is 0.375. The van der Waals surface area contributed by atoms with Crippen molar-refractivity contribution in [1.82, 2.24) is 15.0 Å². The standard InChI is InChI=1S/C16H19FN4O3S2/c17-13-5-1-2-6-14(13)26(23,24)20-11-15(22)19-10-12-4-3-8-21(12)16-18-7-9-25-16/h1-2,5-7,9,12,20H,3-4,8,10-11H2,(H,19,22). The van der Waals surface area contributed by atoms with Crippen molar-refractivity contribution >= 4 is 32.4 Å². The summed E-state index contributed by atoms with van der Waals surface area (Å²) in [6, 6.07) is 5.16. The number of amides is 1. The van der Waals surface area contributed by atoms with Crippen LogP contribution >= 0.6 is 11.3 Å². The van der Waals surface area contributed by atoms with Gasteiger partial charge < -0.3 is 10.2 Å². The zero-order chi connectivity index (χ0) is 18.6. The molecule has 26 heavy (non-hydrogen) atoms. The lowest BCUT2D eigenvalue weighted by Crippen LogP contribution is -2.43. The fourth-order valence-electron chi connectivity index (χ4n) is 2.85. The van der Waals surface area contributed by atoms with Crippen LogP contribution in [0.2, 0.25) is 0 Å². The molecule has 0 bridgehead atoms. The van der Waals surface area contributed by atoms with Crippen molar-refractivity contribution in [2.24, 2.45) is 0 Å². The van der Waals surface area contributed by atoms with Crippen molar-refractivity contribution in [1.29, 1.82) is 0 Å². The minimum Gasteiger partial charge on any atom is -0.353 e. The quantitative estimate of drug-likeness (QED) is 0.735. The molecule has 1 amide bonds. The highest BCUT2D eigenvalue weighted by atomic mass is 32.2. The summed E-state index contributed by atoms with van der Waals surface area (Å²) < 4.78 is 39.9. The summed E-state index contributed by atoms with van der Waals surface area (Å²) in [4.78, 5) is 18.0. The van der Waals surface area contributed by atoms with Gasteiger partial charge in [-0.05, 0) is 25.0 Å². The molecule has 2 aromatic rings. The molecule has 1 fully saturated rings. The van der Waals surface area contributed by atoms with E-state index in [1.54, 1.807) is 17.5 Å². The number of carbonyl (C=O) groups excluding carboxylic acids is 1. The number of halogens is 1. The third kappa shape index (κ3) is 4.37. The van der Waals surface area contributed by atoms with Crippen molar-refractivity contribution in [2.45, 2.75) is 23.8 Å². The highest BCUT2D eigenvalue weighted by Gasteiger charge is 2.27. The lowest BCUT2D eigenvalue weighted by atomic mass is 10.2. The second-order valence-electron chi connectivity index (χ2n) is 5.86. The molecular weight excluding hydrogens is 379 g/mol. The van der Waals surface area contributed by atoms with Crippen LogP contribution in [0.25, 0.3) is 0 Å². The molecule has 2 N–H and O–H groups in total. The van der Waals surface area contributed by atoms with Crippen LogP contribution in [0, 0.1) is 5.82 Å². The maximum absolute atomic E-state index is 13.6. The first-order chi connectivity index (χ1) is 12.5. The molecule has 0 aliphatic carbocycles. The topological polar surface area (TPSA) is 91.4 Å². The number of rotatable bonds is 7. The van der Waals surface area contributed by atoms with Crippen LogP contribution in [-0.2, 0) is 14.8 Å². The van der Waals surface area contributed by atoms with Crippen molar-refractivity contribution in [2.75, 3.05) is 24.5 Å². The predicted molar refractivity (Wildman–Crippen MR) is 97.1 cm³/mol. The number of hydrogen-bond donors (Lipinski definition) is 2. The molecule has 1 atom stereocenters. The second kappa shape index (κ2) is 8.11. The molecule has 3 rings (SSSR count). The highest BCUT2D eigenvalue weighted by molar-refractivity contribution is 7.89. The van der Waals surface area contributed by atoms with Crippen LogP contribution < -0.4 is 14.9 Å². The molecule has 1 saturated heterocycles. The Morgan fingerprint density at radius 1 is 1.38 bits per heavy atom. The molecule has 2 heterocycles. The maximum Gasteiger partial charge on any atom is 0.243 e. The molecule has 1 aromatic carbocycles. The summed E-state index contributed by atoms with van der Waals surface area (Å²) in [6.07, 6.45) is 3.69. The predicted octanol–water partition coefficient (Wildman–Crippen LogP) is 1.35. The fourth-order valence-corrected chi connectivity index (χ4v) is 4.65. The van der Waals surface area contributed by atoms with Crippen LogP contribution in [0.4, 0.5) is 9.52 Å². The summed E-state index contributed by atoms with van der Waals surface area (Å²) in [5.41, 5.74) is 0. The lowest BCUT2D eigenvalue weighted by molar-refractivity contribution is -0.120. The average Bonchev–Trinajstić information content (AvgIpc) is 3.29. The van der Waals surface area contributed by atoms with Crippen LogP contribution in [0.15, 0.2) is 40.7 Å². The van der Waals surface area contributed by atoms with Gasteiger partial charge in [-0.15, -0.1) is 11.3 Å². The highest BCUT2D eigenvalue weighted by Crippen LogP contribution is 2.26. The Balaban J connectivity index is 1.51. The first-order valence-electron chi connectivity index (χ1n) is 8.14. The van der Waals surface area contributed by atoms with E-state index >= 15 is 0 Å². The summed E-state index contributed by atoms with van der Waals surface area (Å²) in [6.45, 7) is 0.842. The van der Waals surface area contributed by atoms with Gasteiger partial charge in [0.2, 0.25) is 15.9 Å². The van der Waals surface area contributed by atoms with Crippen LogP contribution in [0.1, 0.15) is 12.8 Å². The number of anilines is 1. The minimum atomic E-state index is -4.07. The Bertz CT molecular complexity index is 858. The van der Waals surface area contributed by atoms with Gasteiger partial charge >= 0.3 is 0 Å². The number of hydrogen-bond acceptors (Lipinski definition) is 6. The van der Waals surface area contributed by atoms with Crippen LogP contribution in [-0.4, -0.2) is 45.0 Å². The number of nitrogens with zero attached hydrogens (tertiary/aromatic N) is 2. The molecular formula is C16H19FN4O3S2. The van der Waals surface area contributed by atoms with E-state index in [2.05, 4.69) is 19.9 Å². The third-order valence-corrected chi connectivity index (χ3v) is 6.37. The van der Waals surface area contributed by atoms with Crippen LogP contribution in [0.3, 0.4) is 0 Å². The normalized spacial score (nSPS) is 17.4. The molecule has 1 aromatic heterocycles. The average molecular weight is 398 g/mol. The smallest absolute Gasteiger partial charge is 0.243 e. The Kier molecular flexibility index (Phi) is 5.84. The zero-order valence-corrected chi connectivity index (χ0v) is 15.5. The molecule has 140 valence electrons. The first kappa shape index (κ1) is 18.7. The van der Waals surface area contributed by atoms with E-state index in [1.807, 2.05) is 5.38 Å². The van der Waals surface area contributed by atoms with Crippen molar-refractivity contribution < 1.29 is 17.6 Å². The van der Waals surface area contributed by atoms with Gasteiger partial charge in [0, 0.05) is 30.7 Å². The van der Waals surface area contributed by atoms with Gasteiger partial charge in [0.25, 0.3) is 0 Å². The molecule has 1 aliphatic rings. The van der Waals surface area contributed by atoms with Gasteiger partial charge in [0.15, 0.2) is 5.13 Å². The second-order valence-corrected chi connectivity index (χ2v) is 8.47. The molecule has 0 radical (unpaired) electrons. The Morgan fingerprint density at radius 2 is 2.19 bits per heavy atom. The molecule has 1 aliphatic heterocycles. The molecule has 7 nitrogen and oxygen atoms in total. The van der Waals surface area contributed by atoms with Gasteiger partial charge in [-0.25, -0.2) is 22.5 Å². The summed E-state index contributed by atoms with van der Waals surface area (Å²) in [5.74, 6) is -1.32. The van der Waals surface area contributed by atoms with E-state index in [1.165, 1.54) is 12.1 Å². The van der Waals surface area contributed by atoms with Crippen molar-refractivity contribution in [3.63, 3.8) is 0 Å². The largest absolute Gasteiger partial charge is 0.353 e. The number of thiazole rings is 1. The Morgan fingerprint density at radius 3 is 2.92 bits per heavy atom. The number of benzene rings is 1. The van der Waals surface area contributed by atoms with E-state index in [9.17, 15) is 17.6 Å². The lowest BCUT2D eigenvalue weighted by Gasteiger charge is -2.24. The third-order valence-electron chi connectivity index (χ3n) is 4.13. The monoisotopic (exact) mass is 398 g/mol. The SMILES string of the molecule is O=C(CNS(=O)(=O)c1ccccc1F)NCC1CCCN1c1nccs1. The van der Waals surface area contributed by atoms with Crippen LogP contribution in [0.5, 0.6) is 0 Å². The number of aromatic nitrogens is 1. The van der Waals surface area contributed by atoms with Gasteiger partial charge in [-0.1, -0.05) is 12.1 Å². The Hall–Kier alpha value is -2.04. The number of nitrogens with one attached hydrogen (secondary N) is 2. The van der Waals surface area contributed by atoms with Gasteiger partial charge in [0.05, 0.1) is 6.54 Å². The summed E-state index contributed by atoms with van der Waals surface area (Å²) in [5, 5.41) is 5.55. The molecule has 10 heteroatoms.